The van der Waals surface area contributed by atoms with Gasteiger partial charge in [0, 0.05) is 19.1 Å². The minimum Gasteiger partial charge on any atom is -0.353 e. The first-order valence-corrected chi connectivity index (χ1v) is 6.64. The van der Waals surface area contributed by atoms with Crippen molar-refractivity contribution in [2.75, 3.05) is 26.7 Å². The fraction of sp³-hybridized carbons (Fsp3) is 0.923. The zero-order chi connectivity index (χ0) is 13.0. The first-order chi connectivity index (χ1) is 7.95. The summed E-state index contributed by atoms with van der Waals surface area (Å²) >= 11 is 0. The second-order valence-corrected chi connectivity index (χ2v) is 5.73. The van der Waals surface area contributed by atoms with Crippen LogP contribution in [-0.2, 0) is 4.79 Å². The molecule has 0 aliphatic carbocycles. The normalized spacial score (nSPS) is 28.1. The Hall–Kier alpha value is -0.610. The fourth-order valence-corrected chi connectivity index (χ4v) is 2.54. The van der Waals surface area contributed by atoms with E-state index >= 15 is 0 Å². The van der Waals surface area contributed by atoms with Crippen molar-refractivity contribution >= 4 is 5.91 Å². The molecule has 1 saturated heterocycles. The largest absolute Gasteiger partial charge is 0.353 e. The Morgan fingerprint density at radius 2 is 2.18 bits per heavy atom. The molecule has 0 saturated carbocycles. The van der Waals surface area contributed by atoms with E-state index < -0.39 is 0 Å². The second kappa shape index (κ2) is 6.36. The molecule has 1 fully saturated rings. The van der Waals surface area contributed by atoms with Gasteiger partial charge in [0.2, 0.25) is 5.91 Å². The molecule has 3 atom stereocenters. The summed E-state index contributed by atoms with van der Waals surface area (Å²) < 4.78 is 0. The number of nitrogens with two attached hydrogens (primary N) is 1. The van der Waals surface area contributed by atoms with E-state index in [-0.39, 0.29) is 11.8 Å². The van der Waals surface area contributed by atoms with Gasteiger partial charge in [-0.25, -0.2) is 0 Å². The van der Waals surface area contributed by atoms with Crippen molar-refractivity contribution in [3.05, 3.63) is 0 Å². The zero-order valence-electron chi connectivity index (χ0n) is 11.6. The summed E-state index contributed by atoms with van der Waals surface area (Å²) in [6.45, 7) is 8.85. The summed E-state index contributed by atoms with van der Waals surface area (Å²) in [6, 6.07) is 0.312. The van der Waals surface area contributed by atoms with Crippen molar-refractivity contribution < 1.29 is 4.79 Å². The molecule has 1 heterocycles. The number of carbonyl (C=O) groups excluding carboxylic acids is 1. The van der Waals surface area contributed by atoms with E-state index in [1.54, 1.807) is 0 Å². The average molecular weight is 241 g/mol. The lowest BCUT2D eigenvalue weighted by Gasteiger charge is -2.36. The Morgan fingerprint density at radius 1 is 1.53 bits per heavy atom. The van der Waals surface area contributed by atoms with Gasteiger partial charge in [0.15, 0.2) is 0 Å². The van der Waals surface area contributed by atoms with Gasteiger partial charge >= 0.3 is 0 Å². The predicted octanol–water partition coefficient (Wildman–Crippen LogP) is 0.674. The van der Waals surface area contributed by atoms with Crippen molar-refractivity contribution in [2.45, 2.75) is 33.2 Å². The molecule has 3 unspecified atom stereocenters. The van der Waals surface area contributed by atoms with E-state index in [1.807, 2.05) is 0 Å². The maximum absolute atomic E-state index is 12.1. The van der Waals surface area contributed by atoms with Crippen LogP contribution in [0.2, 0.25) is 0 Å². The third-order valence-corrected chi connectivity index (χ3v) is 3.83. The summed E-state index contributed by atoms with van der Waals surface area (Å²) in [6.07, 6.45) is 1.04. The molecule has 3 N–H and O–H groups in total. The molecule has 17 heavy (non-hydrogen) atoms. The molecule has 0 aromatic heterocycles. The van der Waals surface area contributed by atoms with Crippen molar-refractivity contribution in [2.24, 2.45) is 23.5 Å². The number of nitrogens with one attached hydrogen (secondary N) is 1. The van der Waals surface area contributed by atoms with E-state index in [0.29, 0.717) is 24.4 Å². The summed E-state index contributed by atoms with van der Waals surface area (Å²) in [5, 5.41) is 3.18. The number of piperidine rings is 1. The Morgan fingerprint density at radius 3 is 2.65 bits per heavy atom. The quantitative estimate of drug-likeness (QED) is 0.761. The molecule has 1 rings (SSSR count). The molecule has 0 spiro atoms. The molecule has 4 heteroatoms. The number of nitrogens with zero attached hydrogens (tertiary/aromatic N) is 1. The molecule has 1 aliphatic rings. The third kappa shape index (κ3) is 3.96. The standard InChI is InChI=1S/C13H27N3O/c1-9(2)11(7-14)13(17)15-12-5-6-16(4)8-10(12)3/h9-12H,5-8,14H2,1-4H3,(H,15,17). The maximum Gasteiger partial charge on any atom is 0.224 e. The minimum atomic E-state index is -0.0538. The van der Waals surface area contributed by atoms with Gasteiger partial charge in [-0.3, -0.25) is 4.79 Å². The maximum atomic E-state index is 12.1. The first kappa shape index (κ1) is 14.5. The van der Waals surface area contributed by atoms with Gasteiger partial charge in [0.1, 0.15) is 0 Å². The monoisotopic (exact) mass is 241 g/mol. The van der Waals surface area contributed by atoms with Gasteiger partial charge in [-0.2, -0.15) is 0 Å². The minimum absolute atomic E-state index is 0.0538. The first-order valence-electron chi connectivity index (χ1n) is 6.64. The smallest absolute Gasteiger partial charge is 0.224 e. The topological polar surface area (TPSA) is 58.4 Å². The Kier molecular flexibility index (Phi) is 5.40. The van der Waals surface area contributed by atoms with E-state index in [0.717, 1.165) is 19.5 Å². The summed E-state index contributed by atoms with van der Waals surface area (Å²) in [5.41, 5.74) is 5.67. The van der Waals surface area contributed by atoms with Gasteiger partial charge in [0.05, 0.1) is 5.92 Å². The number of hydrogen-bond acceptors (Lipinski definition) is 3. The summed E-state index contributed by atoms with van der Waals surface area (Å²) in [4.78, 5) is 14.4. The number of amides is 1. The van der Waals surface area contributed by atoms with E-state index in [2.05, 4.69) is 38.0 Å². The Labute approximate surface area is 105 Å². The second-order valence-electron chi connectivity index (χ2n) is 5.73. The predicted molar refractivity (Wildman–Crippen MR) is 70.6 cm³/mol. The molecule has 1 aliphatic heterocycles. The number of likely N-dealkylation sites (tertiary alicyclic amines) is 1. The van der Waals surface area contributed by atoms with Crippen LogP contribution in [0.3, 0.4) is 0 Å². The zero-order valence-corrected chi connectivity index (χ0v) is 11.6. The Bertz CT molecular complexity index is 255. The molecule has 1 amide bonds. The molecule has 4 nitrogen and oxygen atoms in total. The van der Waals surface area contributed by atoms with Crippen LogP contribution in [-0.4, -0.2) is 43.5 Å². The SMILES string of the molecule is CC(C)C(CN)C(=O)NC1CCN(C)CC1C. The summed E-state index contributed by atoms with van der Waals surface area (Å²) in [5.74, 6) is 0.899. The van der Waals surface area contributed by atoms with E-state index in [9.17, 15) is 4.79 Å². The third-order valence-electron chi connectivity index (χ3n) is 3.83. The van der Waals surface area contributed by atoms with Crippen molar-refractivity contribution in [1.82, 2.24) is 10.2 Å². The lowest BCUT2D eigenvalue weighted by atomic mass is 9.91. The van der Waals surface area contributed by atoms with Crippen LogP contribution in [0.5, 0.6) is 0 Å². The highest BCUT2D eigenvalue weighted by molar-refractivity contribution is 5.79. The van der Waals surface area contributed by atoms with Gasteiger partial charge in [-0.1, -0.05) is 20.8 Å². The molecular formula is C13H27N3O. The molecule has 0 aromatic carbocycles. The van der Waals surface area contributed by atoms with Crippen LogP contribution < -0.4 is 11.1 Å². The fourth-order valence-electron chi connectivity index (χ4n) is 2.54. The van der Waals surface area contributed by atoms with Crippen LogP contribution in [0, 0.1) is 17.8 Å². The average Bonchev–Trinajstić information content (AvgIpc) is 2.22. The lowest BCUT2D eigenvalue weighted by Crippen LogP contribution is -2.51. The van der Waals surface area contributed by atoms with Gasteiger partial charge in [-0.15, -0.1) is 0 Å². The number of hydrogen-bond donors (Lipinski definition) is 2. The highest BCUT2D eigenvalue weighted by Gasteiger charge is 2.28. The molecule has 100 valence electrons. The molecule has 0 radical (unpaired) electrons. The van der Waals surface area contributed by atoms with Crippen molar-refractivity contribution in [3.8, 4) is 0 Å². The van der Waals surface area contributed by atoms with E-state index in [1.165, 1.54) is 0 Å². The summed E-state index contributed by atoms with van der Waals surface area (Å²) in [7, 11) is 2.13. The highest BCUT2D eigenvalue weighted by Crippen LogP contribution is 2.17. The van der Waals surface area contributed by atoms with Crippen LogP contribution >= 0.6 is 0 Å². The van der Waals surface area contributed by atoms with Crippen molar-refractivity contribution in [1.29, 1.82) is 0 Å². The number of rotatable bonds is 4. The molecule has 0 aromatic rings. The van der Waals surface area contributed by atoms with Gasteiger partial charge < -0.3 is 16.0 Å². The lowest BCUT2D eigenvalue weighted by molar-refractivity contribution is -0.127. The van der Waals surface area contributed by atoms with Crippen LogP contribution in [0.4, 0.5) is 0 Å². The van der Waals surface area contributed by atoms with Gasteiger partial charge in [0.25, 0.3) is 0 Å². The Balaban J connectivity index is 2.50. The van der Waals surface area contributed by atoms with Crippen LogP contribution in [0.1, 0.15) is 27.2 Å². The van der Waals surface area contributed by atoms with Gasteiger partial charge in [-0.05, 0) is 31.8 Å². The molecule has 0 bridgehead atoms. The van der Waals surface area contributed by atoms with Crippen LogP contribution in [0.15, 0.2) is 0 Å². The van der Waals surface area contributed by atoms with Crippen molar-refractivity contribution in [3.63, 3.8) is 0 Å². The number of carbonyl (C=O) groups is 1. The van der Waals surface area contributed by atoms with Crippen LogP contribution in [0.25, 0.3) is 0 Å². The molecular weight excluding hydrogens is 214 g/mol. The highest BCUT2D eigenvalue weighted by atomic mass is 16.2. The van der Waals surface area contributed by atoms with E-state index in [4.69, 9.17) is 5.73 Å².